The molecule has 0 aromatic rings. The van der Waals surface area contributed by atoms with Crippen molar-refractivity contribution in [2.24, 2.45) is 5.92 Å². The fourth-order valence-electron chi connectivity index (χ4n) is 1.09. The van der Waals surface area contributed by atoms with Gasteiger partial charge in [-0.3, -0.25) is 0 Å². The quantitative estimate of drug-likeness (QED) is 0.592. The molecule has 1 nitrogen and oxygen atoms in total. The third-order valence-corrected chi connectivity index (χ3v) is 8.35. The molecule has 1 N–H and O–H groups in total. The minimum atomic E-state index is -1.73. The Morgan fingerprint density at radius 2 is 1.62 bits per heavy atom. The van der Waals surface area contributed by atoms with Gasteiger partial charge in [-0.1, -0.05) is 33.5 Å². The van der Waals surface area contributed by atoms with Gasteiger partial charge >= 0.3 is 0 Å². The maximum absolute atomic E-state index is 9.85. The molecule has 0 aliphatic heterocycles. The maximum atomic E-state index is 9.85. The van der Waals surface area contributed by atoms with Crippen LogP contribution in [0.25, 0.3) is 0 Å². The Bertz CT molecular complexity index is 163. The first-order chi connectivity index (χ1) is 5.59. The monoisotopic (exact) mass is 242 g/mol. The standard InChI is InChI=1S/C9H20Cl2OSi/c1-7(2)6-8(12)9(10,11)13(3,4)5/h7-8,12H,6H2,1-5H3. The van der Waals surface area contributed by atoms with Crippen molar-refractivity contribution >= 4 is 31.3 Å². The van der Waals surface area contributed by atoms with E-state index in [4.69, 9.17) is 23.2 Å². The number of hydrogen-bond donors (Lipinski definition) is 1. The molecule has 0 spiro atoms. The minimum Gasteiger partial charge on any atom is -0.390 e. The molecule has 0 radical (unpaired) electrons. The largest absolute Gasteiger partial charge is 0.390 e. The van der Waals surface area contributed by atoms with Gasteiger partial charge in [-0.05, 0) is 12.3 Å². The molecule has 0 saturated carbocycles. The Hall–Kier alpha value is 0.757. The second-order valence-corrected chi connectivity index (χ2v) is 12.3. The topological polar surface area (TPSA) is 20.2 Å². The van der Waals surface area contributed by atoms with Gasteiger partial charge < -0.3 is 5.11 Å². The van der Waals surface area contributed by atoms with Gasteiger partial charge in [0.15, 0.2) is 0 Å². The van der Waals surface area contributed by atoms with E-state index in [-0.39, 0.29) is 0 Å². The molecule has 0 rings (SSSR count). The van der Waals surface area contributed by atoms with E-state index >= 15 is 0 Å². The van der Waals surface area contributed by atoms with Crippen LogP contribution in [-0.4, -0.2) is 23.2 Å². The zero-order valence-corrected chi connectivity index (χ0v) is 11.6. The van der Waals surface area contributed by atoms with Crippen LogP contribution in [0.3, 0.4) is 0 Å². The Balaban J connectivity index is 4.45. The van der Waals surface area contributed by atoms with Crippen LogP contribution in [0.4, 0.5) is 0 Å². The highest BCUT2D eigenvalue weighted by molar-refractivity contribution is 6.94. The summed E-state index contributed by atoms with van der Waals surface area (Å²) in [5, 5.41) is 9.85. The normalized spacial score (nSPS) is 16.4. The Morgan fingerprint density at radius 3 is 1.85 bits per heavy atom. The second-order valence-electron chi connectivity index (χ2n) is 5.02. The first-order valence-corrected chi connectivity index (χ1v) is 8.90. The molecule has 0 aliphatic rings. The first-order valence-electron chi connectivity index (χ1n) is 4.65. The summed E-state index contributed by atoms with van der Waals surface area (Å²) in [6.07, 6.45) is 0.0552. The first kappa shape index (κ1) is 13.8. The number of aliphatic hydroxyl groups excluding tert-OH is 1. The lowest BCUT2D eigenvalue weighted by molar-refractivity contribution is 0.149. The van der Waals surface area contributed by atoms with Gasteiger partial charge in [0.05, 0.1) is 14.2 Å². The Kier molecular flexibility index (Phi) is 4.78. The van der Waals surface area contributed by atoms with E-state index in [1.165, 1.54) is 0 Å². The highest BCUT2D eigenvalue weighted by Gasteiger charge is 2.45. The molecular weight excluding hydrogens is 223 g/mol. The van der Waals surface area contributed by atoms with Crippen LogP contribution in [0.2, 0.25) is 19.6 Å². The molecule has 13 heavy (non-hydrogen) atoms. The molecular formula is C9H20Cl2OSi. The third kappa shape index (κ3) is 3.78. The molecule has 4 heteroatoms. The van der Waals surface area contributed by atoms with Crippen molar-refractivity contribution in [3.8, 4) is 0 Å². The molecule has 0 aromatic carbocycles. The molecule has 80 valence electrons. The zero-order chi connectivity index (χ0) is 10.9. The SMILES string of the molecule is CC(C)CC(O)C(Cl)(Cl)[Si](C)(C)C. The minimum absolute atomic E-state index is 0.420. The number of halogens is 2. The molecule has 1 unspecified atom stereocenters. The number of aliphatic hydroxyl groups is 1. The Morgan fingerprint density at radius 1 is 1.23 bits per heavy atom. The second kappa shape index (κ2) is 4.52. The van der Waals surface area contributed by atoms with Crippen molar-refractivity contribution in [2.75, 3.05) is 0 Å². The van der Waals surface area contributed by atoms with Crippen LogP contribution < -0.4 is 0 Å². The van der Waals surface area contributed by atoms with Crippen molar-refractivity contribution in [1.82, 2.24) is 0 Å². The van der Waals surface area contributed by atoms with Crippen molar-refractivity contribution < 1.29 is 5.11 Å². The lowest BCUT2D eigenvalue weighted by Crippen LogP contribution is -2.51. The van der Waals surface area contributed by atoms with Gasteiger partial charge in [-0.15, -0.1) is 23.2 Å². The van der Waals surface area contributed by atoms with Crippen LogP contribution in [0.15, 0.2) is 0 Å². The molecule has 0 fully saturated rings. The summed E-state index contributed by atoms with van der Waals surface area (Å²) in [6, 6.07) is 0. The van der Waals surface area contributed by atoms with Gasteiger partial charge in [-0.25, -0.2) is 0 Å². The number of hydrogen-bond acceptors (Lipinski definition) is 1. The average molecular weight is 243 g/mol. The zero-order valence-electron chi connectivity index (χ0n) is 9.06. The van der Waals surface area contributed by atoms with E-state index in [0.717, 1.165) is 0 Å². The lowest BCUT2D eigenvalue weighted by atomic mass is 10.1. The van der Waals surface area contributed by atoms with Crippen LogP contribution in [0.1, 0.15) is 20.3 Å². The molecule has 1 atom stereocenters. The van der Waals surface area contributed by atoms with Gasteiger partial charge in [0, 0.05) is 0 Å². The summed E-state index contributed by atoms with van der Waals surface area (Å²) in [5.74, 6) is 0.420. The van der Waals surface area contributed by atoms with Crippen molar-refractivity contribution in [2.45, 2.75) is 50.0 Å². The van der Waals surface area contributed by atoms with Crippen LogP contribution >= 0.6 is 23.2 Å². The highest BCUT2D eigenvalue weighted by Crippen LogP contribution is 2.38. The van der Waals surface area contributed by atoms with E-state index in [1.807, 2.05) is 0 Å². The molecule has 0 bridgehead atoms. The Labute approximate surface area is 92.4 Å². The van der Waals surface area contributed by atoms with Crippen LogP contribution in [0.5, 0.6) is 0 Å². The molecule has 0 saturated heterocycles. The molecule has 0 amide bonds. The van der Waals surface area contributed by atoms with E-state index < -0.39 is 18.1 Å². The van der Waals surface area contributed by atoms with Crippen molar-refractivity contribution in [3.63, 3.8) is 0 Å². The number of rotatable bonds is 4. The van der Waals surface area contributed by atoms with Gasteiger partial charge in [-0.2, -0.15) is 0 Å². The van der Waals surface area contributed by atoms with Crippen molar-refractivity contribution in [1.29, 1.82) is 0 Å². The number of alkyl halides is 2. The molecule has 0 heterocycles. The van der Waals surface area contributed by atoms with E-state index in [2.05, 4.69) is 33.5 Å². The smallest absolute Gasteiger partial charge is 0.132 e. The van der Waals surface area contributed by atoms with E-state index in [0.29, 0.717) is 12.3 Å². The summed E-state index contributed by atoms with van der Waals surface area (Å²) in [7, 11) is -1.73. The van der Waals surface area contributed by atoms with Gasteiger partial charge in [0.2, 0.25) is 0 Å². The lowest BCUT2D eigenvalue weighted by Gasteiger charge is -2.36. The maximum Gasteiger partial charge on any atom is 0.132 e. The molecule has 0 aromatic heterocycles. The third-order valence-electron chi connectivity index (χ3n) is 2.11. The fourth-order valence-corrected chi connectivity index (χ4v) is 2.39. The van der Waals surface area contributed by atoms with Gasteiger partial charge in [0.25, 0.3) is 0 Å². The predicted molar refractivity (Wildman–Crippen MR) is 63.2 cm³/mol. The highest BCUT2D eigenvalue weighted by atomic mass is 35.5. The van der Waals surface area contributed by atoms with Crippen molar-refractivity contribution in [3.05, 3.63) is 0 Å². The summed E-state index contributed by atoms with van der Waals surface area (Å²) in [5.41, 5.74) is 0. The molecule has 0 aliphatic carbocycles. The summed E-state index contributed by atoms with van der Waals surface area (Å²) in [4.78, 5) is 0. The summed E-state index contributed by atoms with van der Waals surface area (Å²) < 4.78 is -0.933. The van der Waals surface area contributed by atoms with E-state index in [9.17, 15) is 5.11 Å². The van der Waals surface area contributed by atoms with Crippen LogP contribution in [0, 0.1) is 5.92 Å². The predicted octanol–water partition coefficient (Wildman–Crippen LogP) is 3.44. The van der Waals surface area contributed by atoms with E-state index in [1.54, 1.807) is 0 Å². The fraction of sp³-hybridized carbons (Fsp3) is 1.00. The van der Waals surface area contributed by atoms with Crippen LogP contribution in [-0.2, 0) is 0 Å². The average Bonchev–Trinajstić information content (AvgIpc) is 1.82. The van der Waals surface area contributed by atoms with Gasteiger partial charge in [0.1, 0.15) is 3.96 Å². The summed E-state index contributed by atoms with van der Waals surface area (Å²) in [6.45, 7) is 10.3. The summed E-state index contributed by atoms with van der Waals surface area (Å²) >= 11 is 12.4.